The van der Waals surface area contributed by atoms with Crippen molar-refractivity contribution < 1.29 is 100 Å². The monoisotopic (exact) mass is 898 g/mol. The lowest BCUT2D eigenvalue weighted by Gasteiger charge is -2.35. The van der Waals surface area contributed by atoms with E-state index in [1.54, 1.807) is 0 Å². The minimum absolute atomic E-state index is 0.0268. The molecule has 2 aliphatic rings. The van der Waals surface area contributed by atoms with Crippen LogP contribution in [0.5, 0.6) is 97.7 Å². The molecule has 0 aliphatic carbocycles. The summed E-state index contributed by atoms with van der Waals surface area (Å²) in [6.07, 6.45) is -4.04. The molecule has 0 bridgehead atoms. The van der Waals surface area contributed by atoms with Crippen molar-refractivity contribution in [2.24, 2.45) is 0 Å². The van der Waals surface area contributed by atoms with Gasteiger partial charge in [-0.1, -0.05) is 12.6 Å². The molecule has 2 heterocycles. The summed E-state index contributed by atoms with van der Waals surface area (Å²) < 4.78 is 23.2. The number of fused-ring (bicyclic) bond motifs is 2. The van der Waals surface area contributed by atoms with E-state index in [2.05, 4.69) is 6.58 Å². The number of carbonyl (C=O) groups excluding carboxylic acids is 1. The Labute approximate surface area is 365 Å². The third-order valence-electron chi connectivity index (χ3n) is 10.3. The molecule has 15 N–H and O–H groups in total. The van der Waals surface area contributed by atoms with Gasteiger partial charge in [-0.05, 0) is 48.5 Å². The minimum atomic E-state index is -1.18. The third kappa shape index (κ3) is 8.84. The van der Waals surface area contributed by atoms with Gasteiger partial charge in [0.05, 0.1) is 5.56 Å². The number of rotatable bonds is 7. The zero-order valence-electron chi connectivity index (χ0n) is 33.2. The van der Waals surface area contributed by atoms with Crippen LogP contribution in [0.25, 0.3) is 5.76 Å². The van der Waals surface area contributed by atoms with Crippen molar-refractivity contribution >= 4 is 11.7 Å². The molecule has 0 aromatic heterocycles. The highest BCUT2D eigenvalue weighted by molar-refractivity contribution is 5.91. The first kappa shape index (κ1) is 44.0. The van der Waals surface area contributed by atoms with Gasteiger partial charge >= 0.3 is 5.97 Å². The minimum Gasteiger partial charge on any atom is -0.508 e. The van der Waals surface area contributed by atoms with Crippen molar-refractivity contribution in [3.8, 4) is 97.7 Å². The van der Waals surface area contributed by atoms with Crippen LogP contribution in [-0.2, 0) is 22.3 Å². The molecular formula is C45H38O20. The van der Waals surface area contributed by atoms with Crippen LogP contribution in [0, 0.1) is 0 Å². The fourth-order valence-corrected chi connectivity index (χ4v) is 7.12. The number of carbonyl (C=O) groups is 1. The molecular weight excluding hydrogens is 860 g/mol. The van der Waals surface area contributed by atoms with E-state index in [4.69, 9.17) is 18.9 Å². The number of aromatic hydroxyl groups is 15. The summed E-state index contributed by atoms with van der Waals surface area (Å²) in [5.41, 5.74) is 0.972. The Morgan fingerprint density at radius 1 is 0.446 bits per heavy atom. The highest BCUT2D eigenvalue weighted by Crippen LogP contribution is 2.48. The summed E-state index contributed by atoms with van der Waals surface area (Å²) in [5.74, 6) is -8.74. The Hall–Kier alpha value is -9.07. The zero-order chi connectivity index (χ0) is 47.2. The molecule has 4 atom stereocenters. The summed E-state index contributed by atoms with van der Waals surface area (Å²) in [7, 11) is 0. The van der Waals surface area contributed by atoms with E-state index in [1.165, 1.54) is 30.3 Å². The van der Waals surface area contributed by atoms with Gasteiger partial charge in [-0.3, -0.25) is 0 Å². The lowest BCUT2D eigenvalue weighted by Crippen LogP contribution is -2.34. The molecule has 0 amide bonds. The molecule has 0 saturated heterocycles. The number of hydrogen-bond acceptors (Lipinski definition) is 20. The Balaban J connectivity index is 0.000000194. The maximum absolute atomic E-state index is 12.7. The Kier molecular flexibility index (Phi) is 11.5. The average Bonchev–Trinajstić information content (AvgIpc) is 3.24. The van der Waals surface area contributed by atoms with Gasteiger partial charge in [0.15, 0.2) is 75.5 Å². The molecule has 2 aliphatic heterocycles. The smallest absolute Gasteiger partial charge is 0.338 e. The Morgan fingerprint density at radius 2 is 0.846 bits per heavy atom. The number of benzene rings is 6. The molecule has 338 valence electrons. The topological polar surface area (TPSA) is 357 Å². The summed E-state index contributed by atoms with van der Waals surface area (Å²) in [5, 5.41) is 147. The van der Waals surface area contributed by atoms with Crippen molar-refractivity contribution in [3.05, 3.63) is 119 Å². The van der Waals surface area contributed by atoms with E-state index in [-0.39, 0.29) is 86.9 Å². The maximum Gasteiger partial charge on any atom is 0.338 e. The summed E-state index contributed by atoms with van der Waals surface area (Å²) >= 11 is 0. The van der Waals surface area contributed by atoms with Crippen LogP contribution in [0.1, 0.15) is 50.4 Å². The quantitative estimate of drug-likeness (QED) is 0.0527. The van der Waals surface area contributed by atoms with Crippen LogP contribution < -0.4 is 9.47 Å². The van der Waals surface area contributed by atoms with Crippen LogP contribution in [0.2, 0.25) is 0 Å². The molecule has 0 spiro atoms. The van der Waals surface area contributed by atoms with Crippen molar-refractivity contribution in [1.82, 2.24) is 0 Å². The van der Waals surface area contributed by atoms with Crippen LogP contribution in [0.15, 0.2) is 85.4 Å². The molecule has 0 saturated carbocycles. The molecule has 20 nitrogen and oxygen atoms in total. The molecule has 0 radical (unpaired) electrons. The fourth-order valence-electron chi connectivity index (χ4n) is 7.12. The largest absolute Gasteiger partial charge is 0.508 e. The number of phenols is 15. The fraction of sp³-hybridized carbons (Fsp3) is 0.133. The molecule has 65 heavy (non-hydrogen) atoms. The second-order valence-electron chi connectivity index (χ2n) is 14.8. The van der Waals surface area contributed by atoms with Crippen molar-refractivity contribution in [2.45, 2.75) is 37.3 Å². The molecule has 0 fully saturated rings. The van der Waals surface area contributed by atoms with Crippen molar-refractivity contribution in [1.29, 1.82) is 0 Å². The lowest BCUT2D eigenvalue weighted by atomic mass is 9.93. The van der Waals surface area contributed by atoms with Gasteiger partial charge in [0, 0.05) is 64.9 Å². The van der Waals surface area contributed by atoms with Gasteiger partial charge < -0.3 is 95.5 Å². The summed E-state index contributed by atoms with van der Waals surface area (Å²) in [4.78, 5) is 12.7. The molecule has 6 aromatic carbocycles. The van der Waals surface area contributed by atoms with Gasteiger partial charge in [0.25, 0.3) is 0 Å². The van der Waals surface area contributed by atoms with Crippen LogP contribution in [0.3, 0.4) is 0 Å². The number of ether oxygens (including phenoxy) is 4. The predicted molar refractivity (Wildman–Crippen MR) is 221 cm³/mol. The first-order valence-corrected chi connectivity index (χ1v) is 19.0. The Bertz CT molecular complexity index is 2800. The van der Waals surface area contributed by atoms with E-state index in [0.717, 1.165) is 48.5 Å². The maximum atomic E-state index is 12.7. The van der Waals surface area contributed by atoms with E-state index >= 15 is 0 Å². The SMILES string of the molecule is C=C(O[C@@H]1Cc2c(O)cc(O)cc2O[C@@H]1c1ccc(O)c(O)c1)c1cc(O)c(O)c(O)c1.O=C(O[C@@H]1Cc2c(O)cc(O)cc2O[C@@H]1c1cc(O)c(O)c(O)c1)c1cc(O)c(O)c(O)c1. The molecule has 8 rings (SSSR count). The standard InChI is InChI=1S/C23H20O9.C22H18O11/c1-10(12-5-18(28)22(30)19(29)6-12)31-21-9-14-16(26)7-13(24)8-20(14)32-23(21)11-2-3-15(25)17(27)4-11;23-10-5-12(24)11-7-18(33-22(31)9-3-15(27)20(30)16(28)4-9)21(32-17(11)6-10)8-1-13(25)19(29)14(26)2-8/h2-8,21,23-30H,1,9H2;1-6,18,21,23-30H,7H2/t21-,23-;18-,21-/m11/s1. The van der Waals surface area contributed by atoms with Crippen molar-refractivity contribution in [3.63, 3.8) is 0 Å². The number of phenolic OH excluding ortho intramolecular Hbond substituents is 15. The first-order valence-electron chi connectivity index (χ1n) is 19.0. The van der Waals surface area contributed by atoms with E-state index < -0.39 is 82.1 Å². The average molecular weight is 899 g/mol. The molecule has 6 aromatic rings. The highest BCUT2D eigenvalue weighted by atomic mass is 16.6. The summed E-state index contributed by atoms with van der Waals surface area (Å²) in [6.45, 7) is 3.81. The van der Waals surface area contributed by atoms with Gasteiger partial charge in [0.2, 0.25) is 0 Å². The van der Waals surface area contributed by atoms with Gasteiger partial charge in [-0.15, -0.1) is 0 Å². The van der Waals surface area contributed by atoms with Gasteiger partial charge in [0.1, 0.15) is 52.5 Å². The van der Waals surface area contributed by atoms with Gasteiger partial charge in [-0.2, -0.15) is 0 Å². The predicted octanol–water partition coefficient (Wildman–Crippen LogP) is 5.59. The van der Waals surface area contributed by atoms with Gasteiger partial charge in [-0.25, -0.2) is 4.79 Å². The molecule has 20 heteroatoms. The number of hydrogen-bond donors (Lipinski definition) is 15. The Morgan fingerprint density at radius 3 is 1.31 bits per heavy atom. The zero-order valence-corrected chi connectivity index (χ0v) is 33.2. The number of esters is 1. The van der Waals surface area contributed by atoms with Crippen LogP contribution in [0.4, 0.5) is 0 Å². The van der Waals surface area contributed by atoms with E-state index in [1.807, 2.05) is 0 Å². The second kappa shape index (κ2) is 17.0. The second-order valence-corrected chi connectivity index (χ2v) is 14.8. The van der Waals surface area contributed by atoms with Crippen LogP contribution in [-0.4, -0.2) is 94.8 Å². The van der Waals surface area contributed by atoms with Crippen molar-refractivity contribution in [2.75, 3.05) is 0 Å². The summed E-state index contributed by atoms with van der Waals surface area (Å²) in [6, 6.07) is 15.1. The van der Waals surface area contributed by atoms with E-state index in [0.29, 0.717) is 11.1 Å². The first-order chi connectivity index (χ1) is 30.7. The van der Waals surface area contributed by atoms with E-state index in [9.17, 15) is 81.4 Å². The molecule has 0 unspecified atom stereocenters. The normalized spacial score (nSPS) is 17.2. The lowest BCUT2D eigenvalue weighted by molar-refractivity contribution is -0.0189. The highest BCUT2D eigenvalue weighted by Gasteiger charge is 2.38. The van der Waals surface area contributed by atoms with Crippen LogP contribution >= 0.6 is 0 Å². The third-order valence-corrected chi connectivity index (χ3v) is 10.3.